The second-order valence-corrected chi connectivity index (χ2v) is 9.12. The number of nitrogens with zero attached hydrogens (tertiary/aromatic N) is 6. The Morgan fingerprint density at radius 3 is 2.74 bits per heavy atom. The first-order valence-corrected chi connectivity index (χ1v) is 11.4. The van der Waals surface area contributed by atoms with Crippen LogP contribution in [-0.2, 0) is 4.74 Å². The van der Waals surface area contributed by atoms with E-state index >= 15 is 0 Å². The van der Waals surface area contributed by atoms with Crippen LogP contribution in [0.5, 0.6) is 0 Å². The number of anilines is 1. The maximum absolute atomic E-state index is 12.2. The zero-order valence-electron chi connectivity index (χ0n) is 18.0. The molecular weight excluding hydrogens is 416 g/mol. The molecule has 4 heterocycles. The number of piperidine rings is 1. The Bertz CT molecular complexity index is 1070. The number of thioether (sulfide) groups is 1. The standard InChI is InChI=1S/C20H26N8O2S/c1-20(2,3)30-19(29)28-9-6-12(7-10-28)23-17-22-11-13-15(26-27-16(13)25-17)14-5-8-21-18(24-14)31-4/h5,8,11-12H,6-7,9-10H2,1-4H3,(H2,22,23,25,26,27). The monoisotopic (exact) mass is 442 g/mol. The fourth-order valence-corrected chi connectivity index (χ4v) is 3.72. The van der Waals surface area contributed by atoms with Crippen molar-refractivity contribution in [2.24, 2.45) is 0 Å². The molecule has 0 spiro atoms. The number of nitrogens with one attached hydrogen (secondary N) is 2. The van der Waals surface area contributed by atoms with Gasteiger partial charge in [0.15, 0.2) is 10.8 Å². The molecule has 0 unspecified atom stereocenters. The van der Waals surface area contributed by atoms with Gasteiger partial charge >= 0.3 is 6.09 Å². The molecule has 0 bridgehead atoms. The number of fused-ring (bicyclic) bond motifs is 1. The van der Waals surface area contributed by atoms with Crippen LogP contribution in [0.25, 0.3) is 22.4 Å². The van der Waals surface area contributed by atoms with Gasteiger partial charge in [0.1, 0.15) is 11.3 Å². The predicted molar refractivity (Wildman–Crippen MR) is 119 cm³/mol. The number of amides is 1. The Balaban J connectivity index is 1.41. The Morgan fingerprint density at radius 2 is 2.03 bits per heavy atom. The smallest absolute Gasteiger partial charge is 0.410 e. The Morgan fingerprint density at radius 1 is 1.26 bits per heavy atom. The lowest BCUT2D eigenvalue weighted by Crippen LogP contribution is -2.44. The Kier molecular flexibility index (Phi) is 5.94. The molecule has 1 aliphatic rings. The molecule has 2 N–H and O–H groups in total. The fraction of sp³-hybridized carbons (Fsp3) is 0.500. The minimum atomic E-state index is -0.485. The van der Waals surface area contributed by atoms with Crippen molar-refractivity contribution in [1.29, 1.82) is 0 Å². The van der Waals surface area contributed by atoms with Crippen LogP contribution in [0, 0.1) is 0 Å². The molecule has 3 aromatic heterocycles. The number of aromatic amines is 1. The van der Waals surface area contributed by atoms with Gasteiger partial charge in [0, 0.05) is 31.5 Å². The maximum atomic E-state index is 12.2. The van der Waals surface area contributed by atoms with E-state index in [-0.39, 0.29) is 12.1 Å². The van der Waals surface area contributed by atoms with Gasteiger partial charge in [-0.05, 0) is 45.9 Å². The van der Waals surface area contributed by atoms with Crippen LogP contribution >= 0.6 is 11.8 Å². The number of carbonyl (C=O) groups is 1. The average molecular weight is 443 g/mol. The molecule has 0 aliphatic carbocycles. The third kappa shape index (κ3) is 5.04. The van der Waals surface area contributed by atoms with Crippen LogP contribution in [-0.4, -0.2) is 72.1 Å². The highest BCUT2D eigenvalue weighted by molar-refractivity contribution is 7.98. The number of hydrogen-bond donors (Lipinski definition) is 2. The van der Waals surface area contributed by atoms with E-state index in [1.165, 1.54) is 11.8 Å². The SMILES string of the molecule is CSc1nccc(-c2n[nH]c3nc(NC4CCN(C(=O)OC(C)(C)C)CC4)ncc23)n1. The second-order valence-electron chi connectivity index (χ2n) is 8.34. The zero-order valence-corrected chi connectivity index (χ0v) is 18.9. The summed E-state index contributed by atoms with van der Waals surface area (Å²) in [5, 5.41) is 12.2. The van der Waals surface area contributed by atoms with Crippen molar-refractivity contribution < 1.29 is 9.53 Å². The highest BCUT2D eigenvalue weighted by atomic mass is 32.2. The molecule has 4 rings (SSSR count). The zero-order chi connectivity index (χ0) is 22.0. The summed E-state index contributed by atoms with van der Waals surface area (Å²) in [6.45, 7) is 6.89. The van der Waals surface area contributed by atoms with Gasteiger partial charge in [-0.25, -0.2) is 19.7 Å². The lowest BCUT2D eigenvalue weighted by Gasteiger charge is -2.33. The van der Waals surface area contributed by atoms with Gasteiger partial charge in [0.25, 0.3) is 0 Å². The van der Waals surface area contributed by atoms with Crippen molar-refractivity contribution in [2.75, 3.05) is 24.7 Å². The van der Waals surface area contributed by atoms with Crippen LogP contribution in [0.3, 0.4) is 0 Å². The first-order chi connectivity index (χ1) is 14.8. The summed E-state index contributed by atoms with van der Waals surface area (Å²) in [5.74, 6) is 0.533. The topological polar surface area (TPSA) is 122 Å². The van der Waals surface area contributed by atoms with Gasteiger partial charge in [-0.2, -0.15) is 10.1 Å². The quantitative estimate of drug-likeness (QED) is 0.462. The van der Waals surface area contributed by atoms with Crippen molar-refractivity contribution in [3.8, 4) is 11.4 Å². The molecule has 1 amide bonds. The molecule has 31 heavy (non-hydrogen) atoms. The summed E-state index contributed by atoms with van der Waals surface area (Å²) in [7, 11) is 0. The number of rotatable bonds is 4. The van der Waals surface area contributed by atoms with Crippen molar-refractivity contribution in [1.82, 2.24) is 35.0 Å². The summed E-state index contributed by atoms with van der Waals surface area (Å²) in [4.78, 5) is 31.7. The molecule has 0 aromatic carbocycles. The minimum Gasteiger partial charge on any atom is -0.444 e. The molecule has 0 radical (unpaired) electrons. The molecule has 1 aliphatic heterocycles. The van der Waals surface area contributed by atoms with E-state index in [1.807, 2.05) is 33.1 Å². The van der Waals surface area contributed by atoms with Gasteiger partial charge in [-0.1, -0.05) is 11.8 Å². The molecule has 0 atom stereocenters. The number of aromatic nitrogens is 6. The summed E-state index contributed by atoms with van der Waals surface area (Å²) in [5.41, 5.74) is 1.58. The summed E-state index contributed by atoms with van der Waals surface area (Å²) in [6, 6.07) is 2.00. The molecule has 1 saturated heterocycles. The number of H-pyrrole nitrogens is 1. The Hall–Kier alpha value is -2.95. The normalized spacial score (nSPS) is 15.3. The van der Waals surface area contributed by atoms with E-state index in [0.29, 0.717) is 35.5 Å². The number of ether oxygens (including phenoxy) is 1. The first kappa shape index (κ1) is 21.3. The average Bonchev–Trinajstić information content (AvgIpc) is 3.16. The Labute approximate surface area is 184 Å². The van der Waals surface area contributed by atoms with E-state index in [4.69, 9.17) is 4.74 Å². The lowest BCUT2D eigenvalue weighted by molar-refractivity contribution is 0.0210. The van der Waals surface area contributed by atoms with Gasteiger partial charge in [0.05, 0.1) is 11.1 Å². The van der Waals surface area contributed by atoms with E-state index in [2.05, 4.69) is 35.5 Å². The number of likely N-dealkylation sites (tertiary alicyclic amines) is 1. The number of carbonyl (C=O) groups excluding carboxylic acids is 1. The molecule has 1 fully saturated rings. The van der Waals surface area contributed by atoms with Crippen molar-refractivity contribution >= 4 is 34.8 Å². The minimum absolute atomic E-state index is 0.185. The molecule has 11 heteroatoms. The van der Waals surface area contributed by atoms with Crippen LogP contribution in [0.4, 0.5) is 10.7 Å². The highest BCUT2D eigenvalue weighted by Crippen LogP contribution is 2.25. The molecule has 0 saturated carbocycles. The lowest BCUT2D eigenvalue weighted by atomic mass is 10.1. The summed E-state index contributed by atoms with van der Waals surface area (Å²) >= 11 is 1.48. The maximum Gasteiger partial charge on any atom is 0.410 e. The van der Waals surface area contributed by atoms with Crippen LogP contribution in [0.2, 0.25) is 0 Å². The highest BCUT2D eigenvalue weighted by Gasteiger charge is 2.27. The van der Waals surface area contributed by atoms with Crippen LogP contribution in [0.15, 0.2) is 23.6 Å². The van der Waals surface area contributed by atoms with Crippen LogP contribution in [0.1, 0.15) is 33.6 Å². The van der Waals surface area contributed by atoms with Gasteiger partial charge < -0.3 is 15.0 Å². The predicted octanol–water partition coefficient (Wildman–Crippen LogP) is 3.34. The second kappa shape index (κ2) is 8.66. The van der Waals surface area contributed by atoms with Gasteiger partial charge in [0.2, 0.25) is 5.95 Å². The fourth-order valence-electron chi connectivity index (χ4n) is 3.36. The van der Waals surface area contributed by atoms with E-state index in [9.17, 15) is 4.79 Å². The molecule has 164 valence electrons. The molecule has 3 aromatic rings. The van der Waals surface area contributed by atoms with Crippen molar-refractivity contribution in [3.63, 3.8) is 0 Å². The summed E-state index contributed by atoms with van der Waals surface area (Å²) in [6.07, 6.45) is 6.74. The molecule has 10 nitrogen and oxygen atoms in total. The van der Waals surface area contributed by atoms with E-state index < -0.39 is 5.60 Å². The molecular formula is C20H26N8O2S. The first-order valence-electron chi connectivity index (χ1n) is 10.2. The van der Waals surface area contributed by atoms with E-state index in [1.54, 1.807) is 17.3 Å². The third-order valence-corrected chi connectivity index (χ3v) is 5.42. The van der Waals surface area contributed by atoms with Gasteiger partial charge in [-0.15, -0.1) is 0 Å². The van der Waals surface area contributed by atoms with Gasteiger partial charge in [-0.3, -0.25) is 5.10 Å². The largest absolute Gasteiger partial charge is 0.444 e. The van der Waals surface area contributed by atoms with E-state index in [0.717, 1.165) is 23.9 Å². The summed E-state index contributed by atoms with van der Waals surface area (Å²) < 4.78 is 5.45. The number of hydrogen-bond acceptors (Lipinski definition) is 9. The van der Waals surface area contributed by atoms with Crippen molar-refractivity contribution in [2.45, 2.75) is 50.4 Å². The van der Waals surface area contributed by atoms with Crippen molar-refractivity contribution in [3.05, 3.63) is 18.5 Å². The third-order valence-electron chi connectivity index (χ3n) is 4.86. The van der Waals surface area contributed by atoms with Crippen LogP contribution < -0.4 is 5.32 Å².